The zero-order chi connectivity index (χ0) is 13.3. The molecule has 0 spiro atoms. The summed E-state index contributed by atoms with van der Waals surface area (Å²) in [4.78, 5) is 0. The van der Waals surface area contributed by atoms with Crippen LogP contribution in [-0.4, -0.2) is 19.0 Å². The van der Waals surface area contributed by atoms with Gasteiger partial charge in [-0.15, -0.1) is 0 Å². The second-order valence-corrected chi connectivity index (χ2v) is 5.32. The summed E-state index contributed by atoms with van der Waals surface area (Å²) in [5.74, 6) is 0.915. The molecule has 102 valence electrons. The van der Waals surface area contributed by atoms with Crippen LogP contribution in [0.1, 0.15) is 38.7 Å². The maximum atomic E-state index is 5.84. The summed E-state index contributed by atoms with van der Waals surface area (Å²) in [5, 5.41) is 0. The smallest absolute Gasteiger partial charge is 0.0530 e. The molecule has 0 atom stereocenters. The molecule has 0 aliphatic rings. The van der Waals surface area contributed by atoms with Gasteiger partial charge in [0.2, 0.25) is 0 Å². The van der Waals surface area contributed by atoms with Gasteiger partial charge in [0, 0.05) is 12.0 Å². The highest BCUT2D eigenvalue weighted by molar-refractivity contribution is 7.80. The number of rotatable bonds is 9. The van der Waals surface area contributed by atoms with Crippen LogP contribution in [0, 0.1) is 5.41 Å². The van der Waals surface area contributed by atoms with E-state index in [-0.39, 0.29) is 5.41 Å². The molecule has 0 amide bonds. The van der Waals surface area contributed by atoms with Gasteiger partial charge in [0.05, 0.1) is 6.61 Å². The van der Waals surface area contributed by atoms with Crippen molar-refractivity contribution in [1.82, 2.24) is 0 Å². The maximum Gasteiger partial charge on any atom is 0.0530 e. The number of benzene rings is 1. The lowest BCUT2D eigenvalue weighted by atomic mass is 9.85. The summed E-state index contributed by atoms with van der Waals surface area (Å²) in [5.41, 5.74) is 1.67. The largest absolute Gasteiger partial charge is 0.381 e. The van der Waals surface area contributed by atoms with Crippen molar-refractivity contribution in [2.45, 2.75) is 39.5 Å². The van der Waals surface area contributed by atoms with Gasteiger partial charge in [-0.1, -0.05) is 44.2 Å². The monoisotopic (exact) mass is 266 g/mol. The average Bonchev–Trinajstić information content (AvgIpc) is 2.45. The highest BCUT2D eigenvalue weighted by atomic mass is 32.1. The van der Waals surface area contributed by atoms with Gasteiger partial charge >= 0.3 is 0 Å². The van der Waals surface area contributed by atoms with Gasteiger partial charge in [-0.25, -0.2) is 0 Å². The number of hydrogen-bond donors (Lipinski definition) is 1. The lowest BCUT2D eigenvalue weighted by Gasteiger charge is -2.29. The van der Waals surface area contributed by atoms with Gasteiger partial charge in [0.25, 0.3) is 0 Å². The summed E-state index contributed by atoms with van der Waals surface area (Å²) in [6, 6.07) is 10.6. The van der Waals surface area contributed by atoms with Crippen molar-refractivity contribution in [2.75, 3.05) is 19.0 Å². The fraction of sp³-hybridized carbons (Fsp3) is 0.625. The van der Waals surface area contributed by atoms with Crippen LogP contribution in [0.25, 0.3) is 0 Å². The van der Waals surface area contributed by atoms with Crippen molar-refractivity contribution in [2.24, 2.45) is 5.41 Å². The molecule has 0 fully saturated rings. The summed E-state index contributed by atoms with van der Waals surface area (Å²) >= 11 is 4.46. The van der Waals surface area contributed by atoms with E-state index in [1.54, 1.807) is 0 Å². The molecule has 0 bridgehead atoms. The number of ether oxygens (including phenoxy) is 1. The highest BCUT2D eigenvalue weighted by Crippen LogP contribution is 2.28. The van der Waals surface area contributed by atoms with Crippen LogP contribution < -0.4 is 0 Å². The van der Waals surface area contributed by atoms with Crippen LogP contribution in [0.15, 0.2) is 30.3 Å². The fourth-order valence-electron chi connectivity index (χ4n) is 2.04. The van der Waals surface area contributed by atoms with Gasteiger partial charge in [0.1, 0.15) is 0 Å². The average molecular weight is 266 g/mol. The van der Waals surface area contributed by atoms with Crippen LogP contribution >= 0.6 is 12.6 Å². The van der Waals surface area contributed by atoms with E-state index in [1.807, 2.05) is 0 Å². The van der Waals surface area contributed by atoms with E-state index >= 15 is 0 Å². The Morgan fingerprint density at radius 2 is 1.78 bits per heavy atom. The molecule has 1 rings (SSSR count). The predicted molar refractivity (Wildman–Crippen MR) is 82.5 cm³/mol. The molecule has 0 aliphatic heterocycles. The summed E-state index contributed by atoms with van der Waals surface area (Å²) in [6.45, 7) is 6.16. The first kappa shape index (κ1) is 15.6. The second kappa shape index (κ2) is 8.60. The first-order chi connectivity index (χ1) is 8.76. The molecule has 1 aromatic rings. The Morgan fingerprint density at radius 3 is 2.33 bits per heavy atom. The third-order valence-electron chi connectivity index (χ3n) is 3.84. The van der Waals surface area contributed by atoms with Crippen molar-refractivity contribution < 1.29 is 4.74 Å². The van der Waals surface area contributed by atoms with Crippen molar-refractivity contribution in [1.29, 1.82) is 0 Å². The maximum absolute atomic E-state index is 5.84. The molecule has 0 saturated heterocycles. The molecule has 18 heavy (non-hydrogen) atoms. The van der Waals surface area contributed by atoms with Crippen LogP contribution in [0.2, 0.25) is 0 Å². The third-order valence-corrected chi connectivity index (χ3v) is 4.51. The van der Waals surface area contributed by atoms with E-state index in [0.717, 1.165) is 44.6 Å². The van der Waals surface area contributed by atoms with E-state index in [1.165, 1.54) is 5.56 Å². The second-order valence-electron chi connectivity index (χ2n) is 5.01. The Kier molecular flexibility index (Phi) is 7.45. The van der Waals surface area contributed by atoms with Crippen LogP contribution in [-0.2, 0) is 11.2 Å². The van der Waals surface area contributed by atoms with Crippen molar-refractivity contribution in [3.8, 4) is 0 Å². The third kappa shape index (κ3) is 5.03. The Labute approximate surface area is 117 Å². The Bertz CT molecular complexity index is 298. The summed E-state index contributed by atoms with van der Waals surface area (Å²) < 4.78 is 5.84. The Morgan fingerprint density at radius 1 is 1.11 bits per heavy atom. The molecule has 0 unspecified atom stereocenters. The van der Waals surface area contributed by atoms with Crippen LogP contribution in [0.3, 0.4) is 0 Å². The number of thiol groups is 1. The van der Waals surface area contributed by atoms with E-state index in [0.29, 0.717) is 0 Å². The molecule has 0 N–H and O–H groups in total. The molecular formula is C16H26OS. The molecule has 0 aliphatic carbocycles. The van der Waals surface area contributed by atoms with E-state index < -0.39 is 0 Å². The first-order valence-electron chi connectivity index (χ1n) is 6.99. The lowest BCUT2D eigenvalue weighted by Crippen LogP contribution is -2.27. The van der Waals surface area contributed by atoms with Gasteiger partial charge in [0.15, 0.2) is 0 Å². The van der Waals surface area contributed by atoms with Gasteiger partial charge < -0.3 is 4.74 Å². The minimum atomic E-state index is 0.274. The van der Waals surface area contributed by atoms with Crippen LogP contribution in [0.5, 0.6) is 0 Å². The minimum Gasteiger partial charge on any atom is -0.381 e. The number of aryl methyl sites for hydroxylation is 1. The molecule has 1 aromatic carbocycles. The van der Waals surface area contributed by atoms with Gasteiger partial charge in [-0.05, 0) is 37.0 Å². The first-order valence-corrected chi connectivity index (χ1v) is 7.62. The molecular weight excluding hydrogens is 240 g/mol. The quantitative estimate of drug-likeness (QED) is 0.516. The van der Waals surface area contributed by atoms with E-state index in [9.17, 15) is 0 Å². The topological polar surface area (TPSA) is 9.23 Å². The molecule has 0 saturated carbocycles. The van der Waals surface area contributed by atoms with Crippen molar-refractivity contribution >= 4 is 12.6 Å². The lowest BCUT2D eigenvalue weighted by molar-refractivity contribution is 0.0500. The molecule has 2 heteroatoms. The Hall–Kier alpha value is -0.470. The van der Waals surface area contributed by atoms with Crippen molar-refractivity contribution in [3.05, 3.63) is 35.9 Å². The SMILES string of the molecule is CCC(CC)(CS)COCCCc1ccccc1. The molecule has 0 aromatic heterocycles. The molecule has 0 heterocycles. The summed E-state index contributed by atoms with van der Waals surface area (Å²) in [7, 11) is 0. The fourth-order valence-corrected chi connectivity index (χ4v) is 2.57. The van der Waals surface area contributed by atoms with Crippen molar-refractivity contribution in [3.63, 3.8) is 0 Å². The van der Waals surface area contributed by atoms with Gasteiger partial charge in [-0.2, -0.15) is 12.6 Å². The summed E-state index contributed by atoms with van der Waals surface area (Å²) in [6.07, 6.45) is 4.49. The van der Waals surface area contributed by atoms with Gasteiger partial charge in [-0.3, -0.25) is 0 Å². The standard InChI is InChI=1S/C16H26OS/c1-3-16(4-2,14-18)13-17-12-8-11-15-9-6-5-7-10-15/h5-7,9-10,18H,3-4,8,11-14H2,1-2H3. The molecule has 1 nitrogen and oxygen atoms in total. The zero-order valence-electron chi connectivity index (χ0n) is 11.7. The number of hydrogen-bond acceptors (Lipinski definition) is 2. The normalized spacial score (nSPS) is 11.7. The Balaban J connectivity index is 2.18. The van der Waals surface area contributed by atoms with E-state index in [2.05, 4.69) is 56.8 Å². The molecule has 0 radical (unpaired) electrons. The van der Waals surface area contributed by atoms with Crippen LogP contribution in [0.4, 0.5) is 0 Å². The highest BCUT2D eigenvalue weighted by Gasteiger charge is 2.24. The zero-order valence-corrected chi connectivity index (χ0v) is 12.6. The predicted octanol–water partition coefficient (Wildman–Crippen LogP) is 4.37. The van der Waals surface area contributed by atoms with E-state index in [4.69, 9.17) is 4.74 Å². The minimum absolute atomic E-state index is 0.274.